The van der Waals surface area contributed by atoms with Crippen LogP contribution in [0.2, 0.25) is 0 Å². The first kappa shape index (κ1) is 16.7. The van der Waals surface area contributed by atoms with Gasteiger partial charge in [0.1, 0.15) is 0 Å². The van der Waals surface area contributed by atoms with Crippen molar-refractivity contribution in [3.05, 3.63) is 53.5 Å². The minimum atomic E-state index is 0.964. The van der Waals surface area contributed by atoms with E-state index < -0.39 is 0 Å². The number of hydrogen-bond donors (Lipinski definition) is 0. The molecule has 0 aliphatic heterocycles. The Morgan fingerprint density at radius 1 is 0.727 bits per heavy atom. The summed E-state index contributed by atoms with van der Waals surface area (Å²) in [5.74, 6) is 1.93. The molecule has 2 rings (SSSR count). The molecule has 1 heterocycles. The van der Waals surface area contributed by atoms with Gasteiger partial charge in [0, 0.05) is 12.1 Å². The fraction of sp³-hybridized carbons (Fsp3) is 0.476. The van der Waals surface area contributed by atoms with Crippen LogP contribution in [-0.2, 0) is 6.42 Å². The van der Waals surface area contributed by atoms with E-state index >= 15 is 0 Å². The summed E-state index contributed by atoms with van der Waals surface area (Å²) in [5, 5.41) is 0. The van der Waals surface area contributed by atoms with Gasteiger partial charge in [0.05, 0.1) is 13.8 Å². The van der Waals surface area contributed by atoms with E-state index in [9.17, 15) is 0 Å². The van der Waals surface area contributed by atoms with Gasteiger partial charge in [-0.15, -0.1) is 0 Å². The van der Waals surface area contributed by atoms with Crippen molar-refractivity contribution < 1.29 is 4.42 Å². The predicted molar refractivity (Wildman–Crippen MR) is 95.1 cm³/mol. The lowest BCUT2D eigenvalue weighted by Gasteiger charge is -2.04. The Morgan fingerprint density at radius 3 is 1.95 bits per heavy atom. The molecule has 0 saturated heterocycles. The highest BCUT2D eigenvalue weighted by atomic mass is 16.3. The number of hydrogen-bond acceptors (Lipinski definition) is 0. The van der Waals surface area contributed by atoms with E-state index in [0.717, 1.165) is 11.5 Å². The maximum atomic E-state index is 5.56. The molecule has 22 heavy (non-hydrogen) atoms. The summed E-state index contributed by atoms with van der Waals surface area (Å²) in [6, 6.07) is 13.2. The van der Waals surface area contributed by atoms with E-state index in [0.29, 0.717) is 0 Å². The highest BCUT2D eigenvalue weighted by molar-refractivity contribution is 5.63. The SMILES string of the molecule is CCCCCCCCc1ccc(-c2cc(C)[o+]c(C)c2)cc1. The van der Waals surface area contributed by atoms with Crippen molar-refractivity contribution in [1.82, 2.24) is 0 Å². The minimum absolute atomic E-state index is 0.964. The van der Waals surface area contributed by atoms with Gasteiger partial charge < -0.3 is 0 Å². The molecule has 0 bridgehead atoms. The first-order valence-electron chi connectivity index (χ1n) is 8.69. The Kier molecular flexibility index (Phi) is 6.64. The Bertz CT molecular complexity index is 549. The van der Waals surface area contributed by atoms with Crippen molar-refractivity contribution in [1.29, 1.82) is 0 Å². The molecule has 0 N–H and O–H groups in total. The van der Waals surface area contributed by atoms with Gasteiger partial charge in [0.25, 0.3) is 0 Å². The molecular formula is C21H29O+. The summed E-state index contributed by atoms with van der Waals surface area (Å²) in [6.07, 6.45) is 9.37. The van der Waals surface area contributed by atoms with Crippen molar-refractivity contribution in [3.63, 3.8) is 0 Å². The first-order chi connectivity index (χ1) is 10.7. The zero-order valence-corrected chi connectivity index (χ0v) is 14.3. The van der Waals surface area contributed by atoms with Crippen LogP contribution in [0, 0.1) is 13.8 Å². The normalized spacial score (nSPS) is 10.9. The minimum Gasteiger partial charge on any atom is -0.218 e. The molecule has 0 aliphatic rings. The highest BCUT2D eigenvalue weighted by Crippen LogP contribution is 2.23. The van der Waals surface area contributed by atoms with Crippen LogP contribution in [-0.4, -0.2) is 0 Å². The van der Waals surface area contributed by atoms with Crippen molar-refractivity contribution in [2.24, 2.45) is 0 Å². The highest BCUT2D eigenvalue weighted by Gasteiger charge is 2.09. The molecule has 0 unspecified atom stereocenters. The summed E-state index contributed by atoms with van der Waals surface area (Å²) in [5.41, 5.74) is 3.97. The van der Waals surface area contributed by atoms with Crippen molar-refractivity contribution in [2.45, 2.75) is 65.7 Å². The third kappa shape index (κ3) is 5.29. The monoisotopic (exact) mass is 297 g/mol. The van der Waals surface area contributed by atoms with E-state index in [-0.39, 0.29) is 0 Å². The average Bonchev–Trinajstić information content (AvgIpc) is 2.50. The quantitative estimate of drug-likeness (QED) is 0.387. The second-order valence-corrected chi connectivity index (χ2v) is 6.28. The summed E-state index contributed by atoms with van der Waals surface area (Å²) < 4.78 is 5.56. The Balaban J connectivity index is 1.87. The summed E-state index contributed by atoms with van der Waals surface area (Å²) >= 11 is 0. The topological polar surface area (TPSA) is 11.3 Å². The van der Waals surface area contributed by atoms with Gasteiger partial charge in [-0.25, -0.2) is 4.42 Å². The van der Waals surface area contributed by atoms with Gasteiger partial charge in [-0.05, 0) is 29.5 Å². The molecule has 0 radical (unpaired) electrons. The number of benzene rings is 1. The van der Waals surface area contributed by atoms with Crippen LogP contribution >= 0.6 is 0 Å². The van der Waals surface area contributed by atoms with Gasteiger partial charge in [0.15, 0.2) is 0 Å². The summed E-state index contributed by atoms with van der Waals surface area (Å²) in [6.45, 7) is 6.28. The number of rotatable bonds is 8. The summed E-state index contributed by atoms with van der Waals surface area (Å²) in [7, 11) is 0. The van der Waals surface area contributed by atoms with E-state index in [2.05, 4.69) is 43.3 Å². The lowest BCUT2D eigenvalue weighted by Crippen LogP contribution is -1.88. The summed E-state index contributed by atoms with van der Waals surface area (Å²) in [4.78, 5) is 0. The number of unbranched alkanes of at least 4 members (excludes halogenated alkanes) is 5. The zero-order chi connectivity index (χ0) is 15.8. The molecular weight excluding hydrogens is 268 g/mol. The molecule has 1 heteroatoms. The van der Waals surface area contributed by atoms with Crippen LogP contribution in [0.3, 0.4) is 0 Å². The Labute approximate surface area is 135 Å². The first-order valence-corrected chi connectivity index (χ1v) is 8.69. The van der Waals surface area contributed by atoms with Crippen LogP contribution in [0.5, 0.6) is 0 Å². The lowest BCUT2D eigenvalue weighted by atomic mass is 10.0. The third-order valence-electron chi connectivity index (χ3n) is 4.15. The van der Waals surface area contributed by atoms with Crippen molar-refractivity contribution in [3.8, 4) is 11.1 Å². The predicted octanol–water partition coefficient (Wildman–Crippen LogP) is 6.75. The van der Waals surface area contributed by atoms with Gasteiger partial charge in [0.2, 0.25) is 0 Å². The molecule has 1 aromatic heterocycles. The molecule has 118 valence electrons. The molecule has 0 amide bonds. The maximum Gasteiger partial charge on any atom is 0.327 e. The molecule has 0 saturated carbocycles. The van der Waals surface area contributed by atoms with Gasteiger partial charge in [-0.1, -0.05) is 63.3 Å². The van der Waals surface area contributed by atoms with Crippen LogP contribution < -0.4 is 0 Å². The lowest BCUT2D eigenvalue weighted by molar-refractivity contribution is 0.487. The van der Waals surface area contributed by atoms with Crippen LogP contribution in [0.1, 0.15) is 62.5 Å². The number of aryl methyl sites for hydroxylation is 3. The van der Waals surface area contributed by atoms with Gasteiger partial charge >= 0.3 is 11.5 Å². The van der Waals surface area contributed by atoms with E-state index in [1.54, 1.807) is 0 Å². The molecule has 2 aromatic rings. The average molecular weight is 297 g/mol. The largest absolute Gasteiger partial charge is 0.327 e. The fourth-order valence-electron chi connectivity index (χ4n) is 2.93. The Hall–Kier alpha value is -1.63. The second-order valence-electron chi connectivity index (χ2n) is 6.28. The van der Waals surface area contributed by atoms with Crippen LogP contribution in [0.4, 0.5) is 0 Å². The van der Waals surface area contributed by atoms with Crippen molar-refractivity contribution >= 4 is 0 Å². The molecule has 0 aliphatic carbocycles. The van der Waals surface area contributed by atoms with Gasteiger partial charge in [-0.3, -0.25) is 0 Å². The van der Waals surface area contributed by atoms with E-state index in [1.807, 2.05) is 13.8 Å². The molecule has 0 atom stereocenters. The standard InChI is InChI=1S/C21H29O/c1-4-5-6-7-8-9-10-19-11-13-20(14-12-19)21-15-17(2)22-18(3)16-21/h11-16H,4-10H2,1-3H3/q+1. The second kappa shape index (κ2) is 8.73. The van der Waals surface area contributed by atoms with Crippen molar-refractivity contribution in [2.75, 3.05) is 0 Å². The molecule has 1 aromatic carbocycles. The maximum absolute atomic E-state index is 5.56. The van der Waals surface area contributed by atoms with E-state index in [1.165, 1.54) is 61.6 Å². The van der Waals surface area contributed by atoms with Crippen LogP contribution in [0.15, 0.2) is 40.8 Å². The molecule has 1 nitrogen and oxygen atoms in total. The third-order valence-corrected chi connectivity index (χ3v) is 4.15. The smallest absolute Gasteiger partial charge is 0.218 e. The Morgan fingerprint density at radius 2 is 1.32 bits per heavy atom. The molecule has 0 fully saturated rings. The fourth-order valence-corrected chi connectivity index (χ4v) is 2.93. The van der Waals surface area contributed by atoms with E-state index in [4.69, 9.17) is 4.42 Å². The zero-order valence-electron chi connectivity index (χ0n) is 14.3. The van der Waals surface area contributed by atoms with Crippen LogP contribution in [0.25, 0.3) is 11.1 Å². The molecule has 0 spiro atoms. The van der Waals surface area contributed by atoms with Gasteiger partial charge in [-0.2, -0.15) is 0 Å².